The topological polar surface area (TPSA) is 75.3 Å². The normalized spacial score (nSPS) is 26.9. The lowest BCUT2D eigenvalue weighted by molar-refractivity contribution is -0.135. The number of esters is 1. The van der Waals surface area contributed by atoms with Crippen molar-refractivity contribution in [1.29, 1.82) is 0 Å². The maximum absolute atomic E-state index is 12.7. The Morgan fingerprint density at radius 1 is 1.27 bits per heavy atom. The van der Waals surface area contributed by atoms with Gasteiger partial charge in [0.15, 0.2) is 12.3 Å². The van der Waals surface area contributed by atoms with E-state index in [1.165, 1.54) is 0 Å². The van der Waals surface area contributed by atoms with Crippen molar-refractivity contribution in [3.63, 3.8) is 0 Å². The number of amides is 1. The van der Waals surface area contributed by atoms with Crippen LogP contribution in [0.5, 0.6) is 0 Å². The van der Waals surface area contributed by atoms with Crippen molar-refractivity contribution in [2.75, 3.05) is 13.2 Å². The summed E-state index contributed by atoms with van der Waals surface area (Å²) in [6.07, 6.45) is 3.17. The van der Waals surface area contributed by atoms with Gasteiger partial charge in [-0.05, 0) is 36.2 Å². The van der Waals surface area contributed by atoms with Crippen LogP contribution in [-0.4, -0.2) is 46.2 Å². The minimum atomic E-state index is -0.565. The lowest BCUT2D eigenvalue weighted by Gasteiger charge is -2.39. The number of fused-ring (bicyclic) bond motifs is 3. The second kappa shape index (κ2) is 5.83. The molecule has 26 heavy (non-hydrogen) atoms. The molecular formula is C20H25N3O3. The molecule has 1 saturated heterocycles. The average molecular weight is 355 g/mol. The number of H-pyrrole nitrogens is 1. The van der Waals surface area contributed by atoms with Crippen LogP contribution in [0.2, 0.25) is 0 Å². The second-order valence-corrected chi connectivity index (χ2v) is 8.93. The number of rotatable bonds is 3. The summed E-state index contributed by atoms with van der Waals surface area (Å²) in [5.74, 6) is -0.672. The zero-order valence-electron chi connectivity index (χ0n) is 15.5. The van der Waals surface area contributed by atoms with Crippen LogP contribution in [-0.2, 0) is 9.53 Å². The number of likely N-dealkylation sites (tertiary alicyclic amines) is 1. The van der Waals surface area contributed by atoms with E-state index in [0.29, 0.717) is 5.39 Å². The van der Waals surface area contributed by atoms with Crippen LogP contribution >= 0.6 is 0 Å². The number of ether oxygens (including phenoxy) is 1. The van der Waals surface area contributed by atoms with Crippen molar-refractivity contribution in [3.8, 4) is 0 Å². The van der Waals surface area contributed by atoms with Gasteiger partial charge < -0.3 is 9.64 Å². The molecule has 138 valence electrons. The van der Waals surface area contributed by atoms with Crippen LogP contribution in [0.3, 0.4) is 0 Å². The highest BCUT2D eigenvalue weighted by Gasteiger charge is 2.50. The first kappa shape index (κ1) is 17.1. The first-order chi connectivity index (χ1) is 12.3. The second-order valence-electron chi connectivity index (χ2n) is 8.93. The number of hydrogen-bond acceptors (Lipinski definition) is 4. The Labute approximate surface area is 152 Å². The van der Waals surface area contributed by atoms with Gasteiger partial charge in [-0.3, -0.25) is 9.89 Å². The van der Waals surface area contributed by atoms with Crippen molar-refractivity contribution < 1.29 is 14.3 Å². The van der Waals surface area contributed by atoms with E-state index in [-0.39, 0.29) is 35.1 Å². The first-order valence-corrected chi connectivity index (χ1v) is 9.16. The molecular weight excluding hydrogens is 330 g/mol. The minimum absolute atomic E-state index is 0.107. The average Bonchev–Trinajstić information content (AvgIpc) is 3.09. The summed E-state index contributed by atoms with van der Waals surface area (Å²) >= 11 is 0. The number of benzene rings is 1. The van der Waals surface area contributed by atoms with E-state index in [4.69, 9.17) is 4.74 Å². The Hall–Kier alpha value is -2.37. The number of nitrogens with one attached hydrogen (secondary N) is 1. The Bertz CT molecular complexity index is 872. The molecule has 6 heteroatoms. The number of para-hydroxylation sites is 1. The van der Waals surface area contributed by atoms with Crippen molar-refractivity contribution in [2.24, 2.45) is 10.8 Å². The largest absolute Gasteiger partial charge is 0.451 e. The zero-order chi connectivity index (χ0) is 18.5. The molecule has 1 N–H and O–H groups in total. The molecule has 1 aliphatic carbocycles. The van der Waals surface area contributed by atoms with Gasteiger partial charge in [0.05, 0.1) is 5.52 Å². The standard InChI is InChI=1S/C20H25N3O3/c1-19(2)8-13-9-20(3,11-19)12-23(13)16(24)10-26-18(25)17-14-6-4-5-7-15(14)21-22-17/h4-7,13H,8-12H2,1-3H3,(H,21,22). The Morgan fingerprint density at radius 2 is 2.04 bits per heavy atom. The molecule has 1 aromatic carbocycles. The van der Waals surface area contributed by atoms with Crippen LogP contribution in [0.1, 0.15) is 50.5 Å². The molecule has 4 rings (SSSR count). The summed E-state index contributed by atoms with van der Waals surface area (Å²) in [4.78, 5) is 27.0. The van der Waals surface area contributed by atoms with Crippen LogP contribution in [0.15, 0.2) is 24.3 Å². The molecule has 1 saturated carbocycles. The SMILES string of the molecule is CC1(C)CC2CC(C)(CN2C(=O)COC(=O)c2n[nH]c3ccccc23)C1. The molecule has 0 radical (unpaired) electrons. The number of aromatic nitrogens is 2. The molecule has 2 unspecified atom stereocenters. The Morgan fingerprint density at radius 3 is 2.85 bits per heavy atom. The van der Waals surface area contributed by atoms with E-state index in [2.05, 4.69) is 31.0 Å². The fraction of sp³-hybridized carbons (Fsp3) is 0.550. The van der Waals surface area contributed by atoms with Crippen molar-refractivity contribution in [2.45, 2.75) is 46.1 Å². The van der Waals surface area contributed by atoms with Gasteiger partial charge in [0.25, 0.3) is 5.91 Å². The van der Waals surface area contributed by atoms with E-state index in [1.54, 1.807) is 0 Å². The molecule has 2 atom stereocenters. The fourth-order valence-electron chi connectivity index (χ4n) is 5.15. The van der Waals surface area contributed by atoms with E-state index in [1.807, 2.05) is 29.2 Å². The summed E-state index contributed by atoms with van der Waals surface area (Å²) in [5.41, 5.74) is 1.41. The molecule has 0 spiro atoms. The lowest BCUT2D eigenvalue weighted by atomic mass is 9.65. The predicted molar refractivity (Wildman–Crippen MR) is 97.6 cm³/mol. The third-order valence-electron chi connectivity index (χ3n) is 5.73. The molecule has 2 aromatic rings. The molecule has 6 nitrogen and oxygen atoms in total. The minimum Gasteiger partial charge on any atom is -0.451 e. The third-order valence-corrected chi connectivity index (χ3v) is 5.73. The maximum atomic E-state index is 12.7. The first-order valence-electron chi connectivity index (χ1n) is 9.16. The molecule has 1 aliphatic heterocycles. The monoisotopic (exact) mass is 355 g/mol. The predicted octanol–water partition coefficient (Wildman–Crippen LogP) is 3.15. The maximum Gasteiger partial charge on any atom is 0.359 e. The summed E-state index contributed by atoms with van der Waals surface area (Å²) in [6.45, 7) is 7.33. The van der Waals surface area contributed by atoms with Gasteiger partial charge in [-0.15, -0.1) is 0 Å². The van der Waals surface area contributed by atoms with Crippen molar-refractivity contribution in [3.05, 3.63) is 30.0 Å². The zero-order valence-corrected chi connectivity index (χ0v) is 15.5. The van der Waals surface area contributed by atoms with E-state index in [9.17, 15) is 9.59 Å². The summed E-state index contributed by atoms with van der Waals surface area (Å²) < 4.78 is 5.29. The molecule has 2 aliphatic rings. The van der Waals surface area contributed by atoms with Crippen LogP contribution in [0, 0.1) is 10.8 Å². The summed E-state index contributed by atoms with van der Waals surface area (Å²) in [6, 6.07) is 7.61. The van der Waals surface area contributed by atoms with Gasteiger partial charge in [0.2, 0.25) is 0 Å². The summed E-state index contributed by atoms with van der Waals surface area (Å²) in [7, 11) is 0. The quantitative estimate of drug-likeness (QED) is 0.858. The lowest BCUT2D eigenvalue weighted by Crippen LogP contribution is -2.39. The molecule has 2 bridgehead atoms. The highest BCUT2D eigenvalue weighted by molar-refractivity contribution is 6.02. The number of hydrogen-bond donors (Lipinski definition) is 1. The Balaban J connectivity index is 1.42. The highest BCUT2D eigenvalue weighted by Crippen LogP contribution is 2.52. The van der Waals surface area contributed by atoms with Gasteiger partial charge in [-0.25, -0.2) is 4.79 Å². The fourth-order valence-corrected chi connectivity index (χ4v) is 5.15. The number of nitrogens with zero attached hydrogens (tertiary/aromatic N) is 2. The van der Waals surface area contributed by atoms with Gasteiger partial charge in [0.1, 0.15) is 0 Å². The van der Waals surface area contributed by atoms with Crippen LogP contribution < -0.4 is 0 Å². The van der Waals surface area contributed by atoms with E-state index >= 15 is 0 Å². The Kier molecular flexibility index (Phi) is 3.82. The molecule has 2 heterocycles. The third kappa shape index (κ3) is 2.97. The van der Waals surface area contributed by atoms with Gasteiger partial charge in [0, 0.05) is 18.0 Å². The van der Waals surface area contributed by atoms with Crippen LogP contribution in [0.4, 0.5) is 0 Å². The number of aromatic amines is 1. The number of carbonyl (C=O) groups is 2. The van der Waals surface area contributed by atoms with Crippen molar-refractivity contribution in [1.82, 2.24) is 15.1 Å². The number of carbonyl (C=O) groups excluding carboxylic acids is 2. The molecule has 2 fully saturated rings. The van der Waals surface area contributed by atoms with Gasteiger partial charge in [-0.1, -0.05) is 39.0 Å². The molecule has 1 aromatic heterocycles. The molecule has 1 amide bonds. The highest BCUT2D eigenvalue weighted by atomic mass is 16.5. The van der Waals surface area contributed by atoms with E-state index in [0.717, 1.165) is 31.3 Å². The smallest absolute Gasteiger partial charge is 0.359 e. The van der Waals surface area contributed by atoms with Gasteiger partial charge >= 0.3 is 5.97 Å². The van der Waals surface area contributed by atoms with Crippen LogP contribution in [0.25, 0.3) is 10.9 Å². The van der Waals surface area contributed by atoms with E-state index < -0.39 is 5.97 Å². The summed E-state index contributed by atoms with van der Waals surface area (Å²) in [5, 5.41) is 7.54. The van der Waals surface area contributed by atoms with Crippen molar-refractivity contribution >= 4 is 22.8 Å². The van der Waals surface area contributed by atoms with Gasteiger partial charge in [-0.2, -0.15) is 5.10 Å².